The molecule has 9 aromatic carbocycles. The summed E-state index contributed by atoms with van der Waals surface area (Å²) in [4.78, 5) is 10.5. The highest BCUT2D eigenvalue weighted by molar-refractivity contribution is 5.91. The Hall–Kier alpha value is -7.93. The Morgan fingerprint density at radius 2 is 0.847 bits per heavy atom. The van der Waals surface area contributed by atoms with Gasteiger partial charge in [0.15, 0.2) is 5.82 Å². The van der Waals surface area contributed by atoms with Crippen molar-refractivity contribution < 1.29 is 0 Å². The zero-order chi connectivity index (χ0) is 39.3. The SMILES string of the molecule is N#Cc1ccc2c(c1)-c1cc(-c3cccc(-c4cc(-c5ccc6ccccc6c5)nc(-c5ccc6ccccc6c5)n4)c3)ccc1C2(c1ccccc1)c1ccccc1. The van der Waals surface area contributed by atoms with Crippen LogP contribution in [0.5, 0.6) is 0 Å². The van der Waals surface area contributed by atoms with Crippen LogP contribution in [0.25, 0.3) is 77.7 Å². The Bertz CT molecular complexity index is 3150. The maximum atomic E-state index is 10.1. The number of nitrogens with zero attached hydrogens (tertiary/aromatic N) is 3. The van der Waals surface area contributed by atoms with E-state index in [1.54, 1.807) is 0 Å². The number of nitriles is 1. The second-order valence-electron chi connectivity index (χ2n) is 15.3. The number of aromatic nitrogens is 2. The van der Waals surface area contributed by atoms with Crippen LogP contribution in [0, 0.1) is 11.3 Å². The molecule has 274 valence electrons. The van der Waals surface area contributed by atoms with E-state index < -0.39 is 5.41 Å². The van der Waals surface area contributed by atoms with Crippen LogP contribution in [0.15, 0.2) is 212 Å². The average molecular weight is 750 g/mol. The van der Waals surface area contributed by atoms with Crippen molar-refractivity contribution in [3.63, 3.8) is 0 Å². The van der Waals surface area contributed by atoms with Crippen molar-refractivity contribution in [2.45, 2.75) is 5.41 Å². The molecule has 59 heavy (non-hydrogen) atoms. The van der Waals surface area contributed by atoms with E-state index in [1.165, 1.54) is 38.4 Å². The summed E-state index contributed by atoms with van der Waals surface area (Å²) in [6, 6.07) is 77.5. The van der Waals surface area contributed by atoms with Gasteiger partial charge < -0.3 is 0 Å². The molecule has 0 unspecified atom stereocenters. The second-order valence-corrected chi connectivity index (χ2v) is 15.3. The lowest BCUT2D eigenvalue weighted by Gasteiger charge is -2.34. The van der Waals surface area contributed by atoms with Crippen LogP contribution in [0.2, 0.25) is 0 Å². The molecule has 0 fully saturated rings. The van der Waals surface area contributed by atoms with Gasteiger partial charge in [-0.1, -0.05) is 170 Å². The molecule has 0 N–H and O–H groups in total. The van der Waals surface area contributed by atoms with E-state index in [2.05, 4.69) is 212 Å². The lowest BCUT2D eigenvalue weighted by atomic mass is 9.67. The Balaban J connectivity index is 1.07. The molecule has 1 aromatic heterocycles. The molecular weight excluding hydrogens is 715 g/mol. The van der Waals surface area contributed by atoms with Gasteiger partial charge in [0.2, 0.25) is 0 Å². The molecule has 0 saturated carbocycles. The van der Waals surface area contributed by atoms with Gasteiger partial charge in [-0.15, -0.1) is 0 Å². The van der Waals surface area contributed by atoms with Gasteiger partial charge in [0, 0.05) is 16.7 Å². The topological polar surface area (TPSA) is 49.6 Å². The Kier molecular flexibility index (Phi) is 8.10. The molecule has 0 aliphatic heterocycles. The van der Waals surface area contributed by atoms with Gasteiger partial charge in [-0.2, -0.15) is 5.26 Å². The minimum absolute atomic E-state index is 0.541. The predicted octanol–water partition coefficient (Wildman–Crippen LogP) is 13.7. The fraction of sp³-hybridized carbons (Fsp3) is 0.0179. The fourth-order valence-corrected chi connectivity index (χ4v) is 9.15. The number of rotatable bonds is 6. The van der Waals surface area contributed by atoms with E-state index in [4.69, 9.17) is 9.97 Å². The van der Waals surface area contributed by atoms with Crippen LogP contribution in [0.1, 0.15) is 27.8 Å². The number of fused-ring (bicyclic) bond motifs is 5. The molecule has 1 aliphatic rings. The van der Waals surface area contributed by atoms with Crippen LogP contribution in [-0.4, -0.2) is 9.97 Å². The lowest BCUT2D eigenvalue weighted by Crippen LogP contribution is -2.28. The largest absolute Gasteiger partial charge is 0.228 e. The summed E-state index contributed by atoms with van der Waals surface area (Å²) in [5.41, 5.74) is 14.0. The van der Waals surface area contributed by atoms with Crippen LogP contribution in [0.4, 0.5) is 0 Å². The molecule has 3 heteroatoms. The second kappa shape index (κ2) is 13.9. The van der Waals surface area contributed by atoms with Crippen molar-refractivity contribution in [3.05, 3.63) is 240 Å². The molecule has 3 nitrogen and oxygen atoms in total. The normalized spacial score (nSPS) is 12.5. The summed E-state index contributed by atoms with van der Waals surface area (Å²) in [5, 5.41) is 14.8. The van der Waals surface area contributed by atoms with Crippen molar-refractivity contribution in [1.82, 2.24) is 9.97 Å². The summed E-state index contributed by atoms with van der Waals surface area (Å²) >= 11 is 0. The Morgan fingerprint density at radius 3 is 1.49 bits per heavy atom. The van der Waals surface area contributed by atoms with Crippen LogP contribution >= 0.6 is 0 Å². The molecule has 0 spiro atoms. The van der Waals surface area contributed by atoms with Gasteiger partial charge in [0.05, 0.1) is 28.4 Å². The third kappa shape index (κ3) is 5.73. The number of hydrogen-bond donors (Lipinski definition) is 0. The van der Waals surface area contributed by atoms with Gasteiger partial charge in [0.1, 0.15) is 0 Å². The summed E-state index contributed by atoms with van der Waals surface area (Å²) in [7, 11) is 0. The summed E-state index contributed by atoms with van der Waals surface area (Å²) in [6.45, 7) is 0. The molecule has 0 atom stereocenters. The van der Waals surface area contributed by atoms with Crippen molar-refractivity contribution in [2.24, 2.45) is 0 Å². The van der Waals surface area contributed by atoms with Crippen molar-refractivity contribution >= 4 is 21.5 Å². The van der Waals surface area contributed by atoms with E-state index >= 15 is 0 Å². The van der Waals surface area contributed by atoms with E-state index in [9.17, 15) is 5.26 Å². The lowest BCUT2D eigenvalue weighted by molar-refractivity contribution is 0.768. The van der Waals surface area contributed by atoms with Crippen LogP contribution in [0.3, 0.4) is 0 Å². The summed E-state index contributed by atoms with van der Waals surface area (Å²) < 4.78 is 0. The van der Waals surface area contributed by atoms with Crippen LogP contribution in [-0.2, 0) is 5.41 Å². The van der Waals surface area contributed by atoms with E-state index in [0.29, 0.717) is 11.4 Å². The number of benzene rings is 9. The Morgan fingerprint density at radius 1 is 0.356 bits per heavy atom. The van der Waals surface area contributed by atoms with Gasteiger partial charge in [0.25, 0.3) is 0 Å². The van der Waals surface area contributed by atoms with Crippen molar-refractivity contribution in [2.75, 3.05) is 0 Å². The van der Waals surface area contributed by atoms with E-state index in [0.717, 1.165) is 55.7 Å². The third-order valence-electron chi connectivity index (χ3n) is 12.0. The molecule has 1 aliphatic carbocycles. The van der Waals surface area contributed by atoms with Gasteiger partial charge in [-0.05, 0) is 109 Å². The first-order valence-electron chi connectivity index (χ1n) is 19.9. The first-order valence-corrected chi connectivity index (χ1v) is 19.9. The molecule has 11 rings (SSSR count). The highest BCUT2D eigenvalue weighted by atomic mass is 14.9. The number of hydrogen-bond acceptors (Lipinski definition) is 3. The van der Waals surface area contributed by atoms with Gasteiger partial charge in [-0.3, -0.25) is 0 Å². The maximum absolute atomic E-state index is 10.1. The van der Waals surface area contributed by atoms with E-state index in [1.807, 2.05) is 6.07 Å². The highest BCUT2D eigenvalue weighted by Crippen LogP contribution is 2.57. The standard InChI is InChI=1S/C56H35N3/c57-36-37-22-28-51-49(30-37)50-34-43(27-29-52(50)56(51,47-18-3-1-4-19-47)48-20-5-2-6-21-48)42-16-11-17-44(32-42)53-35-54(45-25-23-38-12-7-9-14-40(38)31-45)59-55(58-53)46-26-24-39-13-8-10-15-41(39)33-46/h1-35H. The monoisotopic (exact) mass is 749 g/mol. The first-order chi connectivity index (χ1) is 29.2. The molecule has 0 saturated heterocycles. The predicted molar refractivity (Wildman–Crippen MR) is 241 cm³/mol. The minimum atomic E-state index is -0.541. The maximum Gasteiger partial charge on any atom is 0.160 e. The van der Waals surface area contributed by atoms with Crippen molar-refractivity contribution in [3.8, 4) is 62.2 Å². The van der Waals surface area contributed by atoms with Crippen molar-refractivity contribution in [1.29, 1.82) is 5.26 Å². The molecule has 0 bridgehead atoms. The Labute approximate surface area is 343 Å². The average Bonchev–Trinajstić information content (AvgIpc) is 3.61. The summed E-state index contributed by atoms with van der Waals surface area (Å²) in [5.74, 6) is 0.683. The highest BCUT2D eigenvalue weighted by Gasteiger charge is 2.46. The first kappa shape index (κ1) is 34.3. The van der Waals surface area contributed by atoms with Gasteiger partial charge >= 0.3 is 0 Å². The molecule has 0 radical (unpaired) electrons. The quantitative estimate of drug-likeness (QED) is 0.170. The smallest absolute Gasteiger partial charge is 0.160 e. The zero-order valence-corrected chi connectivity index (χ0v) is 32.0. The molecule has 10 aromatic rings. The zero-order valence-electron chi connectivity index (χ0n) is 32.0. The molecule has 1 heterocycles. The van der Waals surface area contributed by atoms with E-state index in [-0.39, 0.29) is 0 Å². The minimum Gasteiger partial charge on any atom is -0.228 e. The third-order valence-corrected chi connectivity index (χ3v) is 12.0. The molecular formula is C56H35N3. The molecule has 0 amide bonds. The van der Waals surface area contributed by atoms with Crippen LogP contribution < -0.4 is 0 Å². The fourth-order valence-electron chi connectivity index (χ4n) is 9.15. The summed E-state index contributed by atoms with van der Waals surface area (Å²) in [6.07, 6.45) is 0. The van der Waals surface area contributed by atoms with Gasteiger partial charge in [-0.25, -0.2) is 9.97 Å².